The van der Waals surface area contributed by atoms with Crippen molar-refractivity contribution in [3.8, 4) is 0 Å². The third-order valence-corrected chi connectivity index (χ3v) is 2.90. The first kappa shape index (κ1) is 11.1. The maximum Gasteiger partial charge on any atom is 0.255 e. The second-order valence-corrected chi connectivity index (χ2v) is 4.95. The van der Waals surface area contributed by atoms with Gasteiger partial charge >= 0.3 is 0 Å². The maximum absolute atomic E-state index is 11.3. The number of thioether (sulfide) groups is 1. The lowest BCUT2D eigenvalue weighted by Crippen LogP contribution is -2.17. The molecule has 3 N–H and O–H groups in total. The molecule has 0 radical (unpaired) electrons. The van der Waals surface area contributed by atoms with E-state index in [1.54, 1.807) is 18.7 Å². The Bertz CT molecular complexity index is 373. The lowest BCUT2D eigenvalue weighted by molar-refractivity contribution is 0.982. The normalized spacial score (nSPS) is 10.9. The first-order chi connectivity index (χ1) is 6.50. The average Bonchev–Trinajstić information content (AvgIpc) is 2.10. The predicted molar refractivity (Wildman–Crippen MR) is 60.4 cm³/mol. The molecule has 14 heavy (non-hydrogen) atoms. The van der Waals surface area contributed by atoms with Gasteiger partial charge in [-0.2, -0.15) is 11.8 Å². The second kappa shape index (κ2) is 4.50. The van der Waals surface area contributed by atoms with Crippen LogP contribution in [0.1, 0.15) is 25.2 Å². The molecule has 0 saturated heterocycles. The number of nitrogens with zero attached hydrogens (tertiary/aromatic N) is 1. The van der Waals surface area contributed by atoms with Crippen LogP contribution in [0.3, 0.4) is 0 Å². The van der Waals surface area contributed by atoms with E-state index >= 15 is 0 Å². The molecule has 0 fully saturated rings. The molecule has 5 heteroatoms. The molecule has 1 aromatic rings. The summed E-state index contributed by atoms with van der Waals surface area (Å²) in [5, 5.41) is 0.517. The van der Waals surface area contributed by atoms with E-state index in [1.165, 1.54) is 0 Å². The largest absolute Gasteiger partial charge is 0.383 e. The third kappa shape index (κ3) is 2.77. The predicted octanol–water partition coefficient (Wildman–Crippen LogP) is 1.30. The Kier molecular flexibility index (Phi) is 3.57. The molecule has 0 aliphatic rings. The van der Waals surface area contributed by atoms with Gasteiger partial charge in [-0.15, -0.1) is 0 Å². The molecular weight excluding hydrogens is 198 g/mol. The van der Waals surface area contributed by atoms with Crippen molar-refractivity contribution in [2.45, 2.75) is 31.8 Å². The zero-order valence-corrected chi connectivity index (χ0v) is 9.44. The standard InChI is InChI=1S/C9H15N3OS/c1-5(2)14-4-7-11-8(10)6(3)9(13)12-7/h5H,4H2,1-3H3,(H3,10,11,12,13). The topological polar surface area (TPSA) is 71.8 Å². The van der Waals surface area contributed by atoms with Crippen LogP contribution in [0.5, 0.6) is 0 Å². The number of H-pyrrole nitrogens is 1. The van der Waals surface area contributed by atoms with Crippen LogP contribution in [0.4, 0.5) is 5.82 Å². The number of anilines is 1. The van der Waals surface area contributed by atoms with Crippen LogP contribution in [0.15, 0.2) is 4.79 Å². The highest BCUT2D eigenvalue weighted by Crippen LogP contribution is 2.14. The summed E-state index contributed by atoms with van der Waals surface area (Å²) < 4.78 is 0. The summed E-state index contributed by atoms with van der Waals surface area (Å²) in [6.07, 6.45) is 0. The Labute approximate surface area is 87.3 Å². The Hall–Kier alpha value is -0.970. The van der Waals surface area contributed by atoms with Gasteiger partial charge in [0.05, 0.1) is 11.3 Å². The van der Waals surface area contributed by atoms with Crippen LogP contribution in [0.25, 0.3) is 0 Å². The van der Waals surface area contributed by atoms with E-state index in [0.717, 1.165) is 0 Å². The van der Waals surface area contributed by atoms with Gasteiger partial charge in [-0.3, -0.25) is 4.79 Å². The number of nitrogens with two attached hydrogens (primary N) is 1. The number of rotatable bonds is 3. The summed E-state index contributed by atoms with van der Waals surface area (Å²) in [5.74, 6) is 1.67. The molecule has 1 rings (SSSR count). The Morgan fingerprint density at radius 2 is 2.21 bits per heavy atom. The van der Waals surface area contributed by atoms with Gasteiger partial charge in [-0.25, -0.2) is 4.98 Å². The quantitative estimate of drug-likeness (QED) is 0.794. The number of hydrogen-bond acceptors (Lipinski definition) is 4. The highest BCUT2D eigenvalue weighted by molar-refractivity contribution is 7.99. The van der Waals surface area contributed by atoms with E-state index in [4.69, 9.17) is 5.73 Å². The number of nitrogen functional groups attached to an aromatic ring is 1. The van der Waals surface area contributed by atoms with E-state index < -0.39 is 0 Å². The lowest BCUT2D eigenvalue weighted by Gasteiger charge is -2.05. The van der Waals surface area contributed by atoms with E-state index in [2.05, 4.69) is 23.8 Å². The van der Waals surface area contributed by atoms with Crippen molar-refractivity contribution in [1.29, 1.82) is 0 Å². The molecule has 0 spiro atoms. The molecule has 0 amide bonds. The van der Waals surface area contributed by atoms with Gasteiger partial charge in [0.15, 0.2) is 0 Å². The number of hydrogen-bond donors (Lipinski definition) is 2. The molecule has 1 heterocycles. The molecule has 78 valence electrons. The fourth-order valence-electron chi connectivity index (χ4n) is 0.912. The third-order valence-electron chi connectivity index (χ3n) is 1.79. The van der Waals surface area contributed by atoms with Crippen LogP contribution in [0.2, 0.25) is 0 Å². The van der Waals surface area contributed by atoms with Crippen LogP contribution in [-0.4, -0.2) is 15.2 Å². The van der Waals surface area contributed by atoms with Crippen molar-refractivity contribution in [1.82, 2.24) is 9.97 Å². The Morgan fingerprint density at radius 1 is 1.57 bits per heavy atom. The smallest absolute Gasteiger partial charge is 0.255 e. The van der Waals surface area contributed by atoms with E-state index in [0.29, 0.717) is 28.2 Å². The van der Waals surface area contributed by atoms with Gasteiger partial charge in [-0.1, -0.05) is 13.8 Å². The minimum atomic E-state index is -0.142. The van der Waals surface area contributed by atoms with Gasteiger partial charge in [0.25, 0.3) is 5.56 Å². The lowest BCUT2D eigenvalue weighted by atomic mass is 10.3. The number of aromatic nitrogens is 2. The van der Waals surface area contributed by atoms with E-state index in [1.807, 2.05) is 0 Å². The van der Waals surface area contributed by atoms with Crippen molar-refractivity contribution in [3.63, 3.8) is 0 Å². The first-order valence-electron chi connectivity index (χ1n) is 4.47. The van der Waals surface area contributed by atoms with Gasteiger partial charge in [0.2, 0.25) is 0 Å². The number of nitrogens with one attached hydrogen (secondary N) is 1. The van der Waals surface area contributed by atoms with Gasteiger partial charge in [0, 0.05) is 0 Å². The summed E-state index contributed by atoms with van der Waals surface area (Å²) >= 11 is 1.72. The van der Waals surface area contributed by atoms with Crippen LogP contribution >= 0.6 is 11.8 Å². The molecule has 0 unspecified atom stereocenters. The summed E-state index contributed by atoms with van der Waals surface area (Å²) in [5.41, 5.74) is 5.93. The van der Waals surface area contributed by atoms with E-state index in [9.17, 15) is 4.79 Å². The monoisotopic (exact) mass is 213 g/mol. The van der Waals surface area contributed by atoms with Crippen LogP contribution < -0.4 is 11.3 Å². The molecule has 4 nitrogen and oxygen atoms in total. The van der Waals surface area contributed by atoms with Gasteiger partial charge in [0.1, 0.15) is 11.6 Å². The minimum absolute atomic E-state index is 0.142. The Balaban J connectivity index is 2.85. The Morgan fingerprint density at radius 3 is 2.71 bits per heavy atom. The minimum Gasteiger partial charge on any atom is -0.383 e. The SMILES string of the molecule is Cc1c(N)nc(CSC(C)C)[nH]c1=O. The molecule has 1 aromatic heterocycles. The highest BCUT2D eigenvalue weighted by atomic mass is 32.2. The van der Waals surface area contributed by atoms with Gasteiger partial charge in [-0.05, 0) is 12.2 Å². The fraction of sp³-hybridized carbons (Fsp3) is 0.556. The first-order valence-corrected chi connectivity index (χ1v) is 5.52. The molecular formula is C9H15N3OS. The fourth-order valence-corrected chi connectivity index (χ4v) is 1.54. The van der Waals surface area contributed by atoms with Crippen molar-refractivity contribution in [2.75, 3.05) is 5.73 Å². The summed E-state index contributed by atoms with van der Waals surface area (Å²) in [6.45, 7) is 5.86. The van der Waals surface area contributed by atoms with Crippen molar-refractivity contribution in [2.24, 2.45) is 0 Å². The van der Waals surface area contributed by atoms with Gasteiger partial charge < -0.3 is 10.7 Å². The summed E-state index contributed by atoms with van der Waals surface area (Å²) in [4.78, 5) is 18.1. The molecule has 0 saturated carbocycles. The molecule has 0 aliphatic carbocycles. The molecule has 0 atom stereocenters. The van der Waals surface area contributed by atoms with Crippen LogP contribution in [-0.2, 0) is 5.75 Å². The second-order valence-electron chi connectivity index (χ2n) is 3.38. The van der Waals surface area contributed by atoms with Crippen molar-refractivity contribution < 1.29 is 0 Å². The maximum atomic E-state index is 11.3. The van der Waals surface area contributed by atoms with Crippen molar-refractivity contribution >= 4 is 17.6 Å². The highest BCUT2D eigenvalue weighted by Gasteiger charge is 2.04. The molecule has 0 aliphatic heterocycles. The van der Waals surface area contributed by atoms with Crippen molar-refractivity contribution in [3.05, 3.63) is 21.7 Å². The zero-order chi connectivity index (χ0) is 10.7. The van der Waals surface area contributed by atoms with E-state index in [-0.39, 0.29) is 5.56 Å². The summed E-state index contributed by atoms with van der Waals surface area (Å²) in [7, 11) is 0. The van der Waals surface area contributed by atoms with Crippen LogP contribution in [0, 0.1) is 6.92 Å². The zero-order valence-electron chi connectivity index (χ0n) is 8.63. The number of aromatic amines is 1. The molecule has 0 bridgehead atoms. The summed E-state index contributed by atoms with van der Waals surface area (Å²) in [6, 6.07) is 0. The molecule has 0 aromatic carbocycles. The average molecular weight is 213 g/mol.